The maximum absolute atomic E-state index is 11.7. The van der Waals surface area contributed by atoms with Gasteiger partial charge in [-0.3, -0.25) is 30.0 Å². The van der Waals surface area contributed by atoms with Gasteiger partial charge in [-0.2, -0.15) is 0 Å². The number of amides is 2. The van der Waals surface area contributed by atoms with Crippen LogP contribution in [0, 0.1) is 10.1 Å². The molecule has 1 N–H and O–H groups in total. The molecule has 0 radical (unpaired) electrons. The van der Waals surface area contributed by atoms with Crippen molar-refractivity contribution in [1.29, 1.82) is 0 Å². The van der Waals surface area contributed by atoms with Gasteiger partial charge in [0.2, 0.25) is 0 Å². The minimum absolute atomic E-state index is 0.0425. The number of rotatable bonds is 3. The molecule has 2 amide bonds. The van der Waals surface area contributed by atoms with Gasteiger partial charge in [-0.25, -0.2) is 0 Å². The summed E-state index contributed by atoms with van der Waals surface area (Å²) >= 11 is 1.19. The molecule has 0 aliphatic rings. The Morgan fingerprint density at radius 2 is 2.11 bits per heavy atom. The van der Waals surface area contributed by atoms with Crippen molar-refractivity contribution in [3.63, 3.8) is 0 Å². The Hall–Kier alpha value is -2.61. The first-order valence-electron chi connectivity index (χ1n) is 5.06. The number of nitrogens with zero attached hydrogens (tertiary/aromatic N) is 2. The van der Waals surface area contributed by atoms with Crippen molar-refractivity contribution in [2.24, 2.45) is 0 Å². The Bertz CT molecular complexity index is 639. The van der Waals surface area contributed by atoms with E-state index in [4.69, 9.17) is 0 Å². The standard InChI is InChI=1S/C11H7N3O4S/c15-10(13-11(16)9-2-1-3-19-9)7-4-8(14(17)18)6-12-5-7/h1-6H,(H,13,15,16). The number of hydrogen-bond acceptors (Lipinski definition) is 6. The predicted octanol–water partition coefficient (Wildman–Crippen LogP) is 1.62. The number of imide groups is 1. The number of thiophene rings is 1. The normalized spacial score (nSPS) is 9.89. The van der Waals surface area contributed by atoms with Gasteiger partial charge in [0, 0.05) is 12.3 Å². The maximum Gasteiger partial charge on any atom is 0.288 e. The maximum atomic E-state index is 11.7. The third-order valence-electron chi connectivity index (χ3n) is 2.17. The molecule has 7 nitrogen and oxygen atoms in total. The van der Waals surface area contributed by atoms with Crippen molar-refractivity contribution in [1.82, 2.24) is 10.3 Å². The van der Waals surface area contributed by atoms with E-state index in [1.807, 2.05) is 0 Å². The van der Waals surface area contributed by atoms with Crippen LogP contribution in [0.3, 0.4) is 0 Å². The molecule has 2 rings (SSSR count). The average molecular weight is 277 g/mol. The molecule has 2 heterocycles. The van der Waals surface area contributed by atoms with Crippen molar-refractivity contribution in [2.75, 3.05) is 0 Å². The molecular formula is C11H7N3O4S. The molecule has 8 heteroatoms. The van der Waals surface area contributed by atoms with Gasteiger partial charge >= 0.3 is 0 Å². The van der Waals surface area contributed by atoms with E-state index in [0.717, 1.165) is 18.5 Å². The zero-order valence-corrected chi connectivity index (χ0v) is 10.2. The molecule has 0 spiro atoms. The molecule has 0 aromatic carbocycles. The second-order valence-electron chi connectivity index (χ2n) is 3.45. The molecule has 0 atom stereocenters. The highest BCUT2D eigenvalue weighted by Crippen LogP contribution is 2.12. The molecule has 0 fully saturated rings. The molecule has 2 aromatic rings. The zero-order chi connectivity index (χ0) is 13.8. The van der Waals surface area contributed by atoms with Crippen LogP contribution in [0.15, 0.2) is 36.0 Å². The first-order valence-corrected chi connectivity index (χ1v) is 5.94. The Kier molecular flexibility index (Phi) is 3.62. The van der Waals surface area contributed by atoms with Crippen molar-refractivity contribution in [2.45, 2.75) is 0 Å². The van der Waals surface area contributed by atoms with E-state index in [2.05, 4.69) is 10.3 Å². The highest BCUT2D eigenvalue weighted by molar-refractivity contribution is 7.12. The summed E-state index contributed by atoms with van der Waals surface area (Å²) < 4.78 is 0. The van der Waals surface area contributed by atoms with Gasteiger partial charge in [0.15, 0.2) is 0 Å². The smallest absolute Gasteiger partial charge is 0.287 e. The Labute approximate surface area is 111 Å². The number of nitrogens with one attached hydrogen (secondary N) is 1. The first-order chi connectivity index (χ1) is 9.08. The van der Waals surface area contributed by atoms with Gasteiger partial charge in [-0.15, -0.1) is 11.3 Å². The van der Waals surface area contributed by atoms with Crippen LogP contribution in [0.5, 0.6) is 0 Å². The third kappa shape index (κ3) is 2.99. The molecule has 19 heavy (non-hydrogen) atoms. The van der Waals surface area contributed by atoms with Crippen molar-refractivity contribution < 1.29 is 14.5 Å². The van der Waals surface area contributed by atoms with E-state index < -0.39 is 16.7 Å². The minimum atomic E-state index is -0.727. The van der Waals surface area contributed by atoms with Crippen molar-refractivity contribution in [3.8, 4) is 0 Å². The van der Waals surface area contributed by atoms with Crippen LogP contribution in [0.4, 0.5) is 5.69 Å². The molecule has 0 aliphatic carbocycles. The average Bonchev–Trinajstić information content (AvgIpc) is 2.92. The van der Waals surface area contributed by atoms with Crippen LogP contribution in [0.25, 0.3) is 0 Å². The number of aromatic nitrogens is 1. The molecule has 0 bridgehead atoms. The predicted molar refractivity (Wildman–Crippen MR) is 67.0 cm³/mol. The van der Waals surface area contributed by atoms with Crippen LogP contribution in [-0.2, 0) is 0 Å². The summed E-state index contributed by atoms with van der Waals surface area (Å²) in [5, 5.41) is 14.4. The van der Waals surface area contributed by atoms with Gasteiger partial charge < -0.3 is 0 Å². The van der Waals surface area contributed by atoms with E-state index in [1.165, 1.54) is 11.3 Å². The van der Waals surface area contributed by atoms with Crippen LogP contribution in [-0.4, -0.2) is 21.7 Å². The summed E-state index contributed by atoms with van der Waals surface area (Å²) in [6, 6.07) is 4.31. The van der Waals surface area contributed by atoms with Crippen molar-refractivity contribution >= 4 is 28.8 Å². The number of carbonyl (C=O) groups excluding carboxylic acids is 2. The van der Waals surface area contributed by atoms with Crippen LogP contribution in [0.1, 0.15) is 20.0 Å². The second kappa shape index (κ2) is 5.36. The molecule has 2 aromatic heterocycles. The molecule has 96 valence electrons. The second-order valence-corrected chi connectivity index (χ2v) is 4.40. The summed E-state index contributed by atoms with van der Waals surface area (Å²) in [7, 11) is 0. The Morgan fingerprint density at radius 1 is 1.32 bits per heavy atom. The quantitative estimate of drug-likeness (QED) is 0.521. The minimum Gasteiger partial charge on any atom is -0.287 e. The summed E-state index contributed by atoms with van der Waals surface area (Å²) in [6.45, 7) is 0. The van der Waals surface area contributed by atoms with E-state index in [0.29, 0.717) is 4.88 Å². The topological polar surface area (TPSA) is 102 Å². The Balaban J connectivity index is 2.14. The first kappa shape index (κ1) is 12.8. The summed E-state index contributed by atoms with van der Waals surface area (Å²) in [5.74, 6) is -1.28. The lowest BCUT2D eigenvalue weighted by Gasteiger charge is -2.01. The lowest BCUT2D eigenvalue weighted by molar-refractivity contribution is -0.385. The van der Waals surface area contributed by atoms with Crippen LogP contribution < -0.4 is 5.32 Å². The molecule has 0 saturated carbocycles. The third-order valence-corrected chi connectivity index (χ3v) is 3.04. The van der Waals surface area contributed by atoms with Crippen LogP contribution >= 0.6 is 11.3 Å². The Morgan fingerprint density at radius 3 is 2.74 bits per heavy atom. The summed E-state index contributed by atoms with van der Waals surface area (Å²) in [5.41, 5.74) is -0.352. The number of pyridine rings is 1. The van der Waals surface area contributed by atoms with E-state index in [-0.39, 0.29) is 11.3 Å². The monoisotopic (exact) mass is 277 g/mol. The van der Waals surface area contributed by atoms with Gasteiger partial charge in [-0.1, -0.05) is 6.07 Å². The van der Waals surface area contributed by atoms with Gasteiger partial charge in [0.25, 0.3) is 17.5 Å². The fraction of sp³-hybridized carbons (Fsp3) is 0. The summed E-state index contributed by atoms with van der Waals surface area (Å²) in [6.07, 6.45) is 2.18. The zero-order valence-electron chi connectivity index (χ0n) is 9.40. The van der Waals surface area contributed by atoms with Gasteiger partial charge in [0.1, 0.15) is 6.20 Å². The SMILES string of the molecule is O=C(NC(=O)c1cccs1)c1cncc([N+](=O)[O-])c1. The fourth-order valence-corrected chi connectivity index (χ4v) is 1.92. The lowest BCUT2D eigenvalue weighted by Crippen LogP contribution is -2.29. The van der Waals surface area contributed by atoms with Crippen molar-refractivity contribution in [3.05, 3.63) is 56.5 Å². The largest absolute Gasteiger partial charge is 0.288 e. The van der Waals surface area contributed by atoms with E-state index in [1.54, 1.807) is 17.5 Å². The molecule has 0 aliphatic heterocycles. The highest BCUT2D eigenvalue weighted by atomic mass is 32.1. The number of hydrogen-bond donors (Lipinski definition) is 1. The van der Waals surface area contributed by atoms with Gasteiger partial charge in [-0.05, 0) is 11.4 Å². The summed E-state index contributed by atoms with van der Waals surface area (Å²) in [4.78, 5) is 37.2. The van der Waals surface area contributed by atoms with Crippen LogP contribution in [0.2, 0.25) is 0 Å². The number of carbonyl (C=O) groups is 2. The van der Waals surface area contributed by atoms with Gasteiger partial charge in [0.05, 0.1) is 15.4 Å². The van der Waals surface area contributed by atoms with E-state index in [9.17, 15) is 19.7 Å². The lowest BCUT2D eigenvalue weighted by atomic mass is 10.2. The fourth-order valence-electron chi connectivity index (χ4n) is 1.30. The van der Waals surface area contributed by atoms with E-state index >= 15 is 0 Å². The molecule has 0 saturated heterocycles. The highest BCUT2D eigenvalue weighted by Gasteiger charge is 2.16. The number of nitro groups is 1. The molecular weight excluding hydrogens is 270 g/mol. The molecule has 0 unspecified atom stereocenters.